The predicted octanol–water partition coefficient (Wildman–Crippen LogP) is 1.94. The number of rotatable bonds is 7. The third kappa shape index (κ3) is 4.83. The molecular formula is C15H22N2O3. The Morgan fingerprint density at radius 2 is 2.05 bits per heavy atom. The third-order valence-electron chi connectivity index (χ3n) is 3.24. The van der Waals surface area contributed by atoms with Crippen molar-refractivity contribution >= 4 is 5.84 Å². The van der Waals surface area contributed by atoms with Crippen molar-refractivity contribution < 1.29 is 14.2 Å². The van der Waals surface area contributed by atoms with E-state index in [4.69, 9.17) is 25.4 Å². The average Bonchev–Trinajstić information content (AvgIpc) is 2.48. The summed E-state index contributed by atoms with van der Waals surface area (Å²) < 4.78 is 16.7. The number of nitrogens with two attached hydrogens (primary N) is 1. The lowest BCUT2D eigenvalue weighted by atomic mass is 10.1. The second-order valence-electron chi connectivity index (χ2n) is 4.85. The van der Waals surface area contributed by atoms with E-state index in [1.807, 2.05) is 0 Å². The normalized spacial score (nSPS) is 18.7. The third-order valence-corrected chi connectivity index (χ3v) is 3.24. The molecule has 1 aromatic rings. The summed E-state index contributed by atoms with van der Waals surface area (Å²) in [6, 6.07) is 7.16. The molecule has 1 aliphatic rings. The number of amidine groups is 1. The fraction of sp³-hybridized carbons (Fsp3) is 0.533. The van der Waals surface area contributed by atoms with Crippen molar-refractivity contribution in [3.63, 3.8) is 0 Å². The first-order chi connectivity index (χ1) is 9.75. The smallest absolute Gasteiger partial charge is 0.122 e. The Bertz CT molecular complexity index is 414. The summed E-state index contributed by atoms with van der Waals surface area (Å²) in [7, 11) is 0. The van der Waals surface area contributed by atoms with Crippen LogP contribution in [0.25, 0.3) is 0 Å². The molecule has 0 aromatic heterocycles. The Kier molecular flexibility index (Phi) is 5.83. The molecule has 5 nitrogen and oxygen atoms in total. The van der Waals surface area contributed by atoms with Crippen LogP contribution in [0, 0.1) is 5.41 Å². The summed E-state index contributed by atoms with van der Waals surface area (Å²) >= 11 is 0. The lowest BCUT2D eigenvalue weighted by Gasteiger charge is -2.22. The number of nitrogens with one attached hydrogen (secondary N) is 1. The van der Waals surface area contributed by atoms with Gasteiger partial charge in [-0.25, -0.2) is 0 Å². The lowest BCUT2D eigenvalue weighted by molar-refractivity contribution is -0.0444. The molecule has 0 amide bonds. The van der Waals surface area contributed by atoms with Gasteiger partial charge in [-0.1, -0.05) is 0 Å². The molecule has 0 radical (unpaired) electrons. The van der Waals surface area contributed by atoms with Crippen molar-refractivity contribution in [1.82, 2.24) is 0 Å². The predicted molar refractivity (Wildman–Crippen MR) is 77.4 cm³/mol. The first-order valence-corrected chi connectivity index (χ1v) is 7.02. The molecule has 1 aliphatic heterocycles. The van der Waals surface area contributed by atoms with Gasteiger partial charge in [-0.2, -0.15) is 0 Å². The van der Waals surface area contributed by atoms with Gasteiger partial charge >= 0.3 is 0 Å². The maximum absolute atomic E-state index is 7.30. The van der Waals surface area contributed by atoms with E-state index in [2.05, 4.69) is 0 Å². The van der Waals surface area contributed by atoms with Gasteiger partial charge in [0.2, 0.25) is 0 Å². The topological polar surface area (TPSA) is 77.6 Å². The van der Waals surface area contributed by atoms with E-state index >= 15 is 0 Å². The van der Waals surface area contributed by atoms with E-state index in [-0.39, 0.29) is 11.9 Å². The highest BCUT2D eigenvalue weighted by molar-refractivity contribution is 5.94. The molecule has 2 rings (SSSR count). The maximum Gasteiger partial charge on any atom is 0.122 e. The van der Waals surface area contributed by atoms with Crippen molar-refractivity contribution in [1.29, 1.82) is 5.41 Å². The SMILES string of the molecule is N=C(N)c1ccc(OCCOCC2CCCCO2)cc1. The van der Waals surface area contributed by atoms with Crippen LogP contribution in [0.3, 0.4) is 0 Å². The fourth-order valence-electron chi connectivity index (χ4n) is 2.10. The van der Waals surface area contributed by atoms with Crippen molar-refractivity contribution in [2.75, 3.05) is 26.4 Å². The van der Waals surface area contributed by atoms with E-state index < -0.39 is 0 Å². The molecule has 1 atom stereocenters. The summed E-state index contributed by atoms with van der Waals surface area (Å²) in [5.74, 6) is 0.819. The number of hydrogen-bond acceptors (Lipinski definition) is 4. The van der Waals surface area contributed by atoms with E-state index in [0.29, 0.717) is 25.4 Å². The minimum Gasteiger partial charge on any atom is -0.491 e. The Balaban J connectivity index is 1.59. The second kappa shape index (κ2) is 7.87. The Labute approximate surface area is 119 Å². The number of nitrogen functional groups attached to an aromatic ring is 1. The minimum absolute atomic E-state index is 0.0624. The summed E-state index contributed by atoms with van der Waals surface area (Å²) in [6.45, 7) is 2.56. The van der Waals surface area contributed by atoms with E-state index in [9.17, 15) is 0 Å². The number of hydrogen-bond donors (Lipinski definition) is 2. The Hall–Kier alpha value is -1.59. The van der Waals surface area contributed by atoms with Gasteiger partial charge in [-0.05, 0) is 43.5 Å². The van der Waals surface area contributed by atoms with E-state index in [0.717, 1.165) is 25.2 Å². The van der Waals surface area contributed by atoms with Gasteiger partial charge in [0.25, 0.3) is 0 Å². The van der Waals surface area contributed by atoms with Gasteiger partial charge in [0.15, 0.2) is 0 Å². The van der Waals surface area contributed by atoms with Gasteiger partial charge in [-0.15, -0.1) is 0 Å². The molecule has 1 aromatic carbocycles. The van der Waals surface area contributed by atoms with Crippen molar-refractivity contribution in [3.05, 3.63) is 29.8 Å². The van der Waals surface area contributed by atoms with Crippen molar-refractivity contribution in [2.24, 2.45) is 5.73 Å². The van der Waals surface area contributed by atoms with Crippen LogP contribution in [0.4, 0.5) is 0 Å². The molecule has 3 N–H and O–H groups in total. The monoisotopic (exact) mass is 278 g/mol. The van der Waals surface area contributed by atoms with Gasteiger partial charge in [0.1, 0.15) is 18.2 Å². The molecule has 0 bridgehead atoms. The number of ether oxygens (including phenoxy) is 3. The van der Waals surface area contributed by atoms with Gasteiger partial charge in [0.05, 0.1) is 19.3 Å². The minimum atomic E-state index is 0.0624. The van der Waals surface area contributed by atoms with Gasteiger partial charge < -0.3 is 19.9 Å². The van der Waals surface area contributed by atoms with Crippen LogP contribution in [0.15, 0.2) is 24.3 Å². The first kappa shape index (κ1) is 14.8. The summed E-state index contributed by atoms with van der Waals surface area (Å²) in [6.07, 6.45) is 3.73. The molecule has 0 aliphatic carbocycles. The molecule has 5 heteroatoms. The molecular weight excluding hydrogens is 256 g/mol. The van der Waals surface area contributed by atoms with Gasteiger partial charge in [0, 0.05) is 12.2 Å². The molecule has 20 heavy (non-hydrogen) atoms. The molecule has 0 saturated carbocycles. The molecule has 1 heterocycles. The molecule has 1 unspecified atom stereocenters. The van der Waals surface area contributed by atoms with E-state index in [1.54, 1.807) is 24.3 Å². The van der Waals surface area contributed by atoms with Crippen molar-refractivity contribution in [2.45, 2.75) is 25.4 Å². The summed E-state index contributed by atoms with van der Waals surface area (Å²) in [4.78, 5) is 0. The number of benzene rings is 1. The average molecular weight is 278 g/mol. The zero-order valence-electron chi connectivity index (χ0n) is 11.6. The lowest BCUT2D eigenvalue weighted by Crippen LogP contribution is -2.25. The van der Waals surface area contributed by atoms with Crippen LogP contribution in [-0.2, 0) is 9.47 Å². The summed E-state index contributed by atoms with van der Waals surface area (Å²) in [5, 5.41) is 7.30. The Morgan fingerprint density at radius 3 is 2.70 bits per heavy atom. The van der Waals surface area contributed by atoms with E-state index in [1.165, 1.54) is 6.42 Å². The summed E-state index contributed by atoms with van der Waals surface area (Å²) in [5.41, 5.74) is 6.08. The first-order valence-electron chi connectivity index (χ1n) is 7.02. The standard InChI is InChI=1S/C15H22N2O3/c16-15(17)12-4-6-13(7-5-12)20-10-9-18-11-14-3-1-2-8-19-14/h4-7,14H,1-3,8-11H2,(H3,16,17). The highest BCUT2D eigenvalue weighted by Gasteiger charge is 2.13. The van der Waals surface area contributed by atoms with Crippen LogP contribution in [0.1, 0.15) is 24.8 Å². The zero-order chi connectivity index (χ0) is 14.2. The molecule has 1 saturated heterocycles. The second-order valence-corrected chi connectivity index (χ2v) is 4.85. The highest BCUT2D eigenvalue weighted by atomic mass is 16.5. The molecule has 0 spiro atoms. The zero-order valence-corrected chi connectivity index (χ0v) is 11.6. The van der Waals surface area contributed by atoms with Crippen LogP contribution in [-0.4, -0.2) is 38.4 Å². The molecule has 1 fully saturated rings. The van der Waals surface area contributed by atoms with Crippen LogP contribution in [0.5, 0.6) is 5.75 Å². The quantitative estimate of drug-likeness (QED) is 0.454. The Morgan fingerprint density at radius 1 is 1.25 bits per heavy atom. The molecule has 110 valence electrons. The highest BCUT2D eigenvalue weighted by Crippen LogP contribution is 2.13. The van der Waals surface area contributed by atoms with Crippen LogP contribution < -0.4 is 10.5 Å². The van der Waals surface area contributed by atoms with Crippen LogP contribution >= 0.6 is 0 Å². The maximum atomic E-state index is 7.30. The van der Waals surface area contributed by atoms with Crippen LogP contribution in [0.2, 0.25) is 0 Å². The van der Waals surface area contributed by atoms with Gasteiger partial charge in [-0.3, -0.25) is 5.41 Å². The fourth-order valence-corrected chi connectivity index (χ4v) is 2.10. The van der Waals surface area contributed by atoms with Crippen molar-refractivity contribution in [3.8, 4) is 5.75 Å². The largest absolute Gasteiger partial charge is 0.491 e.